The van der Waals surface area contributed by atoms with Crippen LogP contribution in [0.1, 0.15) is 59.3 Å². The van der Waals surface area contributed by atoms with Gasteiger partial charge in [0.1, 0.15) is 11.4 Å². The van der Waals surface area contributed by atoms with Crippen LogP contribution in [0.25, 0.3) is 5.53 Å². The largest absolute Gasteiger partial charge is 0.451 e. The van der Waals surface area contributed by atoms with Gasteiger partial charge in [-0.05, 0) is 40.0 Å². The molecule has 0 atom stereocenters. The molecular formula is C16H24N2O4. The lowest BCUT2D eigenvalue weighted by molar-refractivity contribution is -0.152. The Bertz CT molecular complexity index is 483. The normalized spacial score (nSPS) is 10.5. The molecule has 0 aromatic rings. The van der Waals surface area contributed by atoms with Gasteiger partial charge in [-0.2, -0.15) is 4.79 Å². The van der Waals surface area contributed by atoms with Crippen LogP contribution in [0.2, 0.25) is 0 Å². The molecule has 0 aliphatic heterocycles. The number of hydrogen-bond donors (Lipinski definition) is 0. The van der Waals surface area contributed by atoms with E-state index in [2.05, 4.69) is 11.4 Å². The second kappa shape index (κ2) is 9.79. The standard InChI is InChI=1S/C16H24N2O4/c1-5-6-7-8-9-12(19)10-11-13(20)14(18-17)15(21)22-16(2,3)4/h5H,1,6-11H2,2-4H3. The maximum Gasteiger partial charge on any atom is 0.441 e. The predicted octanol–water partition coefficient (Wildman–Crippen LogP) is 2.66. The molecule has 0 fully saturated rings. The van der Waals surface area contributed by atoms with E-state index >= 15 is 0 Å². The van der Waals surface area contributed by atoms with E-state index in [1.165, 1.54) is 0 Å². The fourth-order valence-electron chi connectivity index (χ4n) is 1.64. The van der Waals surface area contributed by atoms with Gasteiger partial charge >= 0.3 is 11.7 Å². The van der Waals surface area contributed by atoms with Crippen LogP contribution >= 0.6 is 0 Å². The molecule has 0 saturated carbocycles. The third kappa shape index (κ3) is 8.97. The highest BCUT2D eigenvalue weighted by molar-refractivity contribution is 6.62. The van der Waals surface area contributed by atoms with Gasteiger partial charge in [0.2, 0.25) is 0 Å². The molecule has 0 bridgehead atoms. The molecule has 0 aromatic heterocycles. The summed E-state index contributed by atoms with van der Waals surface area (Å²) in [5.74, 6) is -1.74. The predicted molar refractivity (Wildman–Crippen MR) is 82.4 cm³/mol. The van der Waals surface area contributed by atoms with E-state index < -0.39 is 23.1 Å². The second-order valence-electron chi connectivity index (χ2n) is 5.95. The van der Waals surface area contributed by atoms with E-state index in [4.69, 9.17) is 10.3 Å². The van der Waals surface area contributed by atoms with Crippen LogP contribution < -0.4 is 0 Å². The van der Waals surface area contributed by atoms with Crippen LogP contribution in [0.4, 0.5) is 0 Å². The molecule has 0 rings (SSSR count). The summed E-state index contributed by atoms with van der Waals surface area (Å²) in [6, 6.07) is 0. The first kappa shape index (κ1) is 19.9. The molecule has 0 aliphatic carbocycles. The van der Waals surface area contributed by atoms with Crippen LogP contribution in [-0.4, -0.2) is 33.6 Å². The van der Waals surface area contributed by atoms with Crippen molar-refractivity contribution in [1.82, 2.24) is 0 Å². The Morgan fingerprint density at radius 1 is 1.14 bits per heavy atom. The summed E-state index contributed by atoms with van der Waals surface area (Å²) in [6.07, 6.45) is 4.51. The van der Waals surface area contributed by atoms with Crippen molar-refractivity contribution < 1.29 is 23.9 Å². The quantitative estimate of drug-likeness (QED) is 0.118. The van der Waals surface area contributed by atoms with Crippen molar-refractivity contribution >= 4 is 23.2 Å². The smallest absolute Gasteiger partial charge is 0.441 e. The fraction of sp³-hybridized carbons (Fsp3) is 0.625. The van der Waals surface area contributed by atoms with E-state index in [1.807, 2.05) is 0 Å². The zero-order valence-corrected chi connectivity index (χ0v) is 13.6. The number of nitrogens with zero attached hydrogens (tertiary/aromatic N) is 2. The SMILES string of the molecule is C=CCCCCC(=O)CCC(=O)C(=[N+]=[N-])C(=O)OC(C)(C)C. The summed E-state index contributed by atoms with van der Waals surface area (Å²) >= 11 is 0. The van der Waals surface area contributed by atoms with Crippen molar-refractivity contribution in [2.45, 2.75) is 64.9 Å². The van der Waals surface area contributed by atoms with Gasteiger partial charge in [0, 0.05) is 19.3 Å². The number of carbonyl (C=O) groups excluding carboxylic acids is 3. The number of ether oxygens (including phenoxy) is 1. The van der Waals surface area contributed by atoms with E-state index in [0.717, 1.165) is 19.3 Å². The maximum atomic E-state index is 11.8. The van der Waals surface area contributed by atoms with Gasteiger partial charge in [-0.25, -0.2) is 4.79 Å². The third-order valence-electron chi connectivity index (χ3n) is 2.70. The number of carbonyl (C=O) groups is 3. The lowest BCUT2D eigenvalue weighted by atomic mass is 10.0. The monoisotopic (exact) mass is 308 g/mol. The summed E-state index contributed by atoms with van der Waals surface area (Å²) < 4.78 is 4.97. The molecule has 0 amide bonds. The summed E-state index contributed by atoms with van der Waals surface area (Å²) in [6.45, 7) is 8.51. The van der Waals surface area contributed by atoms with Crippen molar-refractivity contribution in [2.24, 2.45) is 0 Å². The second-order valence-corrected chi connectivity index (χ2v) is 5.95. The van der Waals surface area contributed by atoms with Crippen molar-refractivity contribution in [3.63, 3.8) is 0 Å². The number of allylic oxidation sites excluding steroid dienone is 1. The zero-order chi connectivity index (χ0) is 17.2. The molecule has 122 valence electrons. The Balaban J connectivity index is 4.34. The van der Waals surface area contributed by atoms with Crippen molar-refractivity contribution in [3.8, 4) is 0 Å². The number of ketones is 2. The molecule has 6 heteroatoms. The van der Waals surface area contributed by atoms with E-state index in [9.17, 15) is 14.4 Å². The summed E-state index contributed by atoms with van der Waals surface area (Å²) in [5.41, 5.74) is 7.33. The van der Waals surface area contributed by atoms with Crippen LogP contribution in [0.3, 0.4) is 0 Å². The lowest BCUT2D eigenvalue weighted by Gasteiger charge is -2.17. The van der Waals surface area contributed by atoms with Gasteiger partial charge in [-0.3, -0.25) is 9.59 Å². The number of esters is 1. The molecule has 22 heavy (non-hydrogen) atoms. The summed E-state index contributed by atoms with van der Waals surface area (Å²) in [5, 5.41) is 0. The van der Waals surface area contributed by atoms with Crippen molar-refractivity contribution in [3.05, 3.63) is 18.2 Å². The minimum Gasteiger partial charge on any atom is -0.451 e. The Morgan fingerprint density at radius 2 is 1.77 bits per heavy atom. The van der Waals surface area contributed by atoms with Crippen LogP contribution in [0, 0.1) is 0 Å². The van der Waals surface area contributed by atoms with Crippen LogP contribution in [-0.2, 0) is 19.1 Å². The highest BCUT2D eigenvalue weighted by Crippen LogP contribution is 2.09. The number of rotatable bonds is 10. The van der Waals surface area contributed by atoms with Gasteiger partial charge in [0.25, 0.3) is 5.78 Å². The van der Waals surface area contributed by atoms with E-state index in [-0.39, 0.29) is 18.6 Å². The zero-order valence-electron chi connectivity index (χ0n) is 13.6. The van der Waals surface area contributed by atoms with E-state index in [1.54, 1.807) is 26.8 Å². The highest BCUT2D eigenvalue weighted by Gasteiger charge is 2.33. The van der Waals surface area contributed by atoms with Gasteiger partial charge in [0.15, 0.2) is 0 Å². The summed E-state index contributed by atoms with van der Waals surface area (Å²) in [4.78, 5) is 37.8. The average Bonchev–Trinajstić information content (AvgIpc) is 2.40. The number of hydrogen-bond acceptors (Lipinski definition) is 4. The Labute approximate surface area is 131 Å². The Kier molecular flexibility index (Phi) is 8.87. The average molecular weight is 308 g/mol. The molecule has 6 nitrogen and oxygen atoms in total. The molecule has 0 radical (unpaired) electrons. The first-order valence-corrected chi connectivity index (χ1v) is 7.32. The fourth-order valence-corrected chi connectivity index (χ4v) is 1.64. The molecule has 0 unspecified atom stereocenters. The van der Waals surface area contributed by atoms with Gasteiger partial charge in [-0.1, -0.05) is 6.08 Å². The minimum absolute atomic E-state index is 0.0226. The van der Waals surface area contributed by atoms with Crippen molar-refractivity contribution in [2.75, 3.05) is 0 Å². The third-order valence-corrected chi connectivity index (χ3v) is 2.70. The first-order valence-electron chi connectivity index (χ1n) is 7.32. The molecule has 0 aromatic carbocycles. The highest BCUT2D eigenvalue weighted by atomic mass is 16.6. The minimum atomic E-state index is -0.988. The molecule has 0 N–H and O–H groups in total. The van der Waals surface area contributed by atoms with E-state index in [0.29, 0.717) is 6.42 Å². The van der Waals surface area contributed by atoms with Gasteiger partial charge < -0.3 is 10.3 Å². The molecule has 0 spiro atoms. The maximum absolute atomic E-state index is 11.8. The molecule has 0 aliphatic rings. The topological polar surface area (TPSA) is 96.8 Å². The van der Waals surface area contributed by atoms with Crippen LogP contribution in [0.15, 0.2) is 12.7 Å². The Morgan fingerprint density at radius 3 is 2.27 bits per heavy atom. The molecule has 0 heterocycles. The van der Waals surface area contributed by atoms with Gasteiger partial charge in [-0.15, -0.1) is 6.58 Å². The van der Waals surface area contributed by atoms with Gasteiger partial charge in [0.05, 0.1) is 0 Å². The summed E-state index contributed by atoms with van der Waals surface area (Å²) in [7, 11) is 0. The molecule has 0 saturated heterocycles. The molecular weight excluding hydrogens is 284 g/mol. The first-order chi connectivity index (χ1) is 10.2. The number of Topliss-reactive ketones (excluding diaryl/α,β-unsaturated/α-hetero) is 2. The van der Waals surface area contributed by atoms with Crippen molar-refractivity contribution in [1.29, 1.82) is 0 Å². The lowest BCUT2D eigenvalue weighted by Crippen LogP contribution is -2.34. The number of unbranched alkanes of at least 4 members (excludes halogenated alkanes) is 2. The Hall–Kier alpha value is -2.07. The van der Waals surface area contributed by atoms with Crippen LogP contribution in [0.5, 0.6) is 0 Å².